The SMILES string of the molecule is C=C1CC(NC(=O)c2cnc3cc(OC(F)F)c(C)cc3c2)c2ccccc2N1. The minimum atomic E-state index is -2.90. The molecule has 3 aromatic rings. The van der Waals surface area contributed by atoms with Crippen LogP contribution in [0, 0.1) is 6.92 Å². The van der Waals surface area contributed by atoms with Crippen molar-refractivity contribution in [1.82, 2.24) is 10.3 Å². The van der Waals surface area contributed by atoms with Crippen LogP contribution in [0.4, 0.5) is 14.5 Å². The highest BCUT2D eigenvalue weighted by Crippen LogP contribution is 2.33. The normalized spacial score (nSPS) is 15.7. The molecule has 1 aliphatic heterocycles. The summed E-state index contributed by atoms with van der Waals surface area (Å²) in [5.41, 5.74) is 4.15. The summed E-state index contributed by atoms with van der Waals surface area (Å²) in [5.74, 6) is -0.193. The lowest BCUT2D eigenvalue weighted by atomic mass is 9.96. The van der Waals surface area contributed by atoms with Gasteiger partial charge < -0.3 is 15.4 Å². The molecule has 2 N–H and O–H groups in total. The number of carbonyl (C=O) groups excluding carboxylic acids is 1. The zero-order chi connectivity index (χ0) is 20.5. The third-order valence-electron chi connectivity index (χ3n) is 4.86. The van der Waals surface area contributed by atoms with E-state index >= 15 is 0 Å². The number of aryl methyl sites for hydroxylation is 1. The molecule has 0 fully saturated rings. The van der Waals surface area contributed by atoms with Gasteiger partial charge in [-0.25, -0.2) is 0 Å². The Labute approximate surface area is 166 Å². The fraction of sp³-hybridized carbons (Fsp3) is 0.182. The number of hydrogen-bond donors (Lipinski definition) is 2. The van der Waals surface area contributed by atoms with Crippen LogP contribution in [0.1, 0.15) is 33.9 Å². The molecule has 0 aliphatic carbocycles. The van der Waals surface area contributed by atoms with Crippen LogP contribution in [0.5, 0.6) is 5.75 Å². The molecule has 1 aliphatic rings. The number of halogens is 2. The minimum Gasteiger partial charge on any atom is -0.434 e. The number of fused-ring (bicyclic) bond motifs is 2. The number of alkyl halides is 2. The van der Waals surface area contributed by atoms with E-state index in [0.29, 0.717) is 28.5 Å². The van der Waals surface area contributed by atoms with Crippen molar-refractivity contribution >= 4 is 22.5 Å². The topological polar surface area (TPSA) is 63.2 Å². The van der Waals surface area contributed by atoms with Crippen LogP contribution >= 0.6 is 0 Å². The zero-order valence-corrected chi connectivity index (χ0v) is 15.7. The molecule has 0 spiro atoms. The Kier molecular flexibility index (Phi) is 4.88. The van der Waals surface area contributed by atoms with Crippen molar-refractivity contribution in [2.75, 3.05) is 5.32 Å². The van der Waals surface area contributed by atoms with Gasteiger partial charge in [0.25, 0.3) is 5.91 Å². The summed E-state index contributed by atoms with van der Waals surface area (Å²) >= 11 is 0. The van der Waals surface area contributed by atoms with Crippen molar-refractivity contribution in [3.8, 4) is 5.75 Å². The van der Waals surface area contributed by atoms with Gasteiger partial charge >= 0.3 is 6.61 Å². The number of hydrogen-bond acceptors (Lipinski definition) is 4. The summed E-state index contributed by atoms with van der Waals surface area (Å²) in [6.45, 7) is 2.75. The molecule has 7 heteroatoms. The Morgan fingerprint density at radius 1 is 1.31 bits per heavy atom. The smallest absolute Gasteiger partial charge is 0.387 e. The second-order valence-electron chi connectivity index (χ2n) is 6.96. The summed E-state index contributed by atoms with van der Waals surface area (Å²) in [6.07, 6.45) is 2.01. The fourth-order valence-electron chi connectivity index (χ4n) is 3.50. The number of pyridine rings is 1. The van der Waals surface area contributed by atoms with E-state index in [9.17, 15) is 13.6 Å². The van der Waals surface area contributed by atoms with Gasteiger partial charge in [0.1, 0.15) is 5.75 Å². The maximum Gasteiger partial charge on any atom is 0.387 e. The number of para-hydroxylation sites is 1. The predicted molar refractivity (Wildman–Crippen MR) is 107 cm³/mol. The monoisotopic (exact) mass is 395 g/mol. The molecule has 0 radical (unpaired) electrons. The van der Waals surface area contributed by atoms with Crippen LogP contribution in [-0.2, 0) is 0 Å². The Morgan fingerprint density at radius 2 is 2.10 bits per heavy atom. The van der Waals surface area contributed by atoms with Crippen molar-refractivity contribution in [3.05, 3.63) is 77.6 Å². The summed E-state index contributed by atoms with van der Waals surface area (Å²) in [6, 6.07) is 12.4. The number of aromatic nitrogens is 1. The second kappa shape index (κ2) is 7.50. The van der Waals surface area contributed by atoms with Gasteiger partial charge in [-0.15, -0.1) is 0 Å². The van der Waals surface area contributed by atoms with Crippen molar-refractivity contribution in [1.29, 1.82) is 0 Å². The van der Waals surface area contributed by atoms with Gasteiger partial charge in [0.15, 0.2) is 0 Å². The van der Waals surface area contributed by atoms with E-state index in [4.69, 9.17) is 0 Å². The Morgan fingerprint density at radius 3 is 2.90 bits per heavy atom. The highest BCUT2D eigenvalue weighted by Gasteiger charge is 2.24. The largest absolute Gasteiger partial charge is 0.434 e. The molecule has 1 aromatic heterocycles. The van der Waals surface area contributed by atoms with Gasteiger partial charge in [0.2, 0.25) is 0 Å². The first-order valence-electron chi connectivity index (χ1n) is 9.10. The highest BCUT2D eigenvalue weighted by molar-refractivity contribution is 5.98. The Balaban J connectivity index is 1.60. The van der Waals surface area contributed by atoms with E-state index in [1.807, 2.05) is 24.3 Å². The maximum atomic E-state index is 12.8. The second-order valence-corrected chi connectivity index (χ2v) is 6.96. The first-order valence-corrected chi connectivity index (χ1v) is 9.10. The average Bonchev–Trinajstić information content (AvgIpc) is 2.67. The van der Waals surface area contributed by atoms with Crippen LogP contribution < -0.4 is 15.4 Å². The van der Waals surface area contributed by atoms with Gasteiger partial charge in [-0.3, -0.25) is 9.78 Å². The molecule has 148 valence electrons. The molecule has 4 rings (SSSR count). The van der Waals surface area contributed by atoms with Crippen LogP contribution in [0.3, 0.4) is 0 Å². The lowest BCUT2D eigenvalue weighted by Crippen LogP contribution is -2.32. The van der Waals surface area contributed by atoms with Crippen LogP contribution in [-0.4, -0.2) is 17.5 Å². The average molecular weight is 395 g/mol. The van der Waals surface area contributed by atoms with Gasteiger partial charge in [0.05, 0.1) is 17.1 Å². The Hall–Kier alpha value is -3.48. The summed E-state index contributed by atoms with van der Waals surface area (Å²) in [4.78, 5) is 17.1. The molecule has 1 atom stereocenters. The lowest BCUT2D eigenvalue weighted by molar-refractivity contribution is -0.0502. The number of carbonyl (C=O) groups is 1. The number of nitrogens with one attached hydrogen (secondary N) is 2. The standard InChI is InChI=1S/C22H19F2N3O2/c1-12-7-14-9-15(11-25-18(14)10-20(12)29-22(23)24)21(28)27-19-8-13(2)26-17-6-4-3-5-16(17)19/h3-7,9-11,19,22,26H,2,8H2,1H3,(H,27,28). The molecule has 2 heterocycles. The van der Waals surface area contributed by atoms with Crippen LogP contribution in [0.2, 0.25) is 0 Å². The van der Waals surface area contributed by atoms with Gasteiger partial charge in [0, 0.05) is 35.5 Å². The minimum absolute atomic E-state index is 0.0713. The third kappa shape index (κ3) is 3.89. The number of nitrogens with zero attached hydrogens (tertiary/aromatic N) is 1. The fourth-order valence-corrected chi connectivity index (χ4v) is 3.50. The predicted octanol–water partition coefficient (Wildman–Crippen LogP) is 4.95. The molecule has 0 saturated carbocycles. The van der Waals surface area contributed by atoms with Gasteiger partial charge in [-0.2, -0.15) is 8.78 Å². The molecule has 1 amide bonds. The maximum absolute atomic E-state index is 12.8. The molecular formula is C22H19F2N3O2. The molecular weight excluding hydrogens is 376 g/mol. The number of anilines is 1. The van der Waals surface area contributed by atoms with Crippen molar-refractivity contribution in [3.63, 3.8) is 0 Å². The van der Waals surface area contributed by atoms with E-state index in [2.05, 4.69) is 26.9 Å². The quantitative estimate of drug-likeness (QED) is 0.657. The van der Waals surface area contributed by atoms with E-state index in [0.717, 1.165) is 16.9 Å². The number of ether oxygens (including phenoxy) is 1. The van der Waals surface area contributed by atoms with Crippen molar-refractivity contribution < 1.29 is 18.3 Å². The number of amides is 1. The van der Waals surface area contributed by atoms with Crippen LogP contribution in [0.15, 0.2) is 60.9 Å². The molecule has 2 aromatic carbocycles. The zero-order valence-electron chi connectivity index (χ0n) is 15.7. The van der Waals surface area contributed by atoms with E-state index in [-0.39, 0.29) is 17.7 Å². The third-order valence-corrected chi connectivity index (χ3v) is 4.86. The molecule has 29 heavy (non-hydrogen) atoms. The Bertz CT molecular complexity index is 1110. The molecule has 0 saturated heterocycles. The first-order chi connectivity index (χ1) is 13.9. The van der Waals surface area contributed by atoms with Gasteiger partial charge in [-0.1, -0.05) is 24.8 Å². The molecule has 5 nitrogen and oxygen atoms in total. The molecule has 0 bridgehead atoms. The van der Waals surface area contributed by atoms with Crippen LogP contribution in [0.25, 0.3) is 10.9 Å². The van der Waals surface area contributed by atoms with E-state index in [1.54, 1.807) is 19.1 Å². The number of rotatable bonds is 4. The van der Waals surface area contributed by atoms with E-state index in [1.165, 1.54) is 12.3 Å². The summed E-state index contributed by atoms with van der Waals surface area (Å²) < 4.78 is 29.5. The van der Waals surface area contributed by atoms with Gasteiger partial charge in [-0.05, 0) is 36.2 Å². The van der Waals surface area contributed by atoms with Crippen molar-refractivity contribution in [2.24, 2.45) is 0 Å². The summed E-state index contributed by atoms with van der Waals surface area (Å²) in [5, 5.41) is 6.94. The highest BCUT2D eigenvalue weighted by atomic mass is 19.3. The van der Waals surface area contributed by atoms with E-state index < -0.39 is 6.61 Å². The lowest BCUT2D eigenvalue weighted by Gasteiger charge is -2.28. The first kappa shape index (κ1) is 18.9. The molecule has 1 unspecified atom stereocenters. The number of benzene rings is 2. The van der Waals surface area contributed by atoms with Crippen molar-refractivity contribution in [2.45, 2.75) is 26.0 Å². The summed E-state index contributed by atoms with van der Waals surface area (Å²) in [7, 11) is 0.